The highest BCUT2D eigenvalue weighted by atomic mass is 19.2. The number of halogens is 2. The van der Waals surface area contributed by atoms with E-state index in [-0.39, 0.29) is 11.1 Å². The number of rotatable bonds is 6. The Labute approximate surface area is 131 Å². The molecule has 2 aromatic carbocycles. The number of benzene rings is 2. The van der Waals surface area contributed by atoms with Crippen LogP contribution in [0.4, 0.5) is 8.78 Å². The molecule has 0 aromatic heterocycles. The summed E-state index contributed by atoms with van der Waals surface area (Å²) in [5, 5.41) is 0. The molecule has 0 N–H and O–H groups in total. The topological polar surface area (TPSA) is 0 Å². The third kappa shape index (κ3) is 4.03. The molecule has 0 aliphatic rings. The lowest BCUT2D eigenvalue weighted by Gasteiger charge is -2.05. The second kappa shape index (κ2) is 7.88. The van der Waals surface area contributed by atoms with Crippen LogP contribution in [0.25, 0.3) is 11.7 Å². The first-order chi connectivity index (χ1) is 10.7. The van der Waals surface area contributed by atoms with Crippen molar-refractivity contribution in [1.82, 2.24) is 0 Å². The predicted octanol–water partition coefficient (Wildman–Crippen LogP) is 6.36. The Morgan fingerprint density at radius 3 is 1.23 bits per heavy atom. The summed E-state index contributed by atoms with van der Waals surface area (Å²) in [7, 11) is 0. The van der Waals surface area contributed by atoms with Crippen molar-refractivity contribution < 1.29 is 8.78 Å². The molecular formula is C20H22F2. The Hall–Kier alpha value is -1.96. The fourth-order valence-corrected chi connectivity index (χ4v) is 2.47. The van der Waals surface area contributed by atoms with Gasteiger partial charge < -0.3 is 0 Å². The maximum atomic E-state index is 14.3. The first-order valence-corrected chi connectivity index (χ1v) is 7.89. The number of aryl methyl sites for hydroxylation is 2. The van der Waals surface area contributed by atoms with E-state index in [1.165, 1.54) is 0 Å². The van der Waals surface area contributed by atoms with E-state index < -0.39 is 11.7 Å². The fourth-order valence-electron chi connectivity index (χ4n) is 2.47. The lowest BCUT2D eigenvalue weighted by molar-refractivity contribution is 0.700. The van der Waals surface area contributed by atoms with E-state index in [4.69, 9.17) is 0 Å². The zero-order valence-electron chi connectivity index (χ0n) is 13.2. The zero-order chi connectivity index (χ0) is 15.9. The molecule has 0 unspecified atom stereocenters. The van der Waals surface area contributed by atoms with Gasteiger partial charge in [0.25, 0.3) is 0 Å². The number of hydrogen-bond acceptors (Lipinski definition) is 0. The third-order valence-corrected chi connectivity index (χ3v) is 3.68. The molecule has 0 amide bonds. The third-order valence-electron chi connectivity index (χ3n) is 3.68. The van der Waals surface area contributed by atoms with Crippen molar-refractivity contribution in [3.05, 3.63) is 70.8 Å². The van der Waals surface area contributed by atoms with E-state index in [0.717, 1.165) is 36.8 Å². The Morgan fingerprint density at radius 1 is 0.636 bits per heavy atom. The van der Waals surface area contributed by atoms with Gasteiger partial charge in [0.15, 0.2) is 11.7 Å². The summed E-state index contributed by atoms with van der Waals surface area (Å²) in [6.07, 6.45) is 3.98. The summed E-state index contributed by atoms with van der Waals surface area (Å²) in [5.74, 6) is -1.60. The maximum absolute atomic E-state index is 14.3. The second-order valence-electron chi connectivity index (χ2n) is 5.52. The Kier molecular flexibility index (Phi) is 5.88. The van der Waals surface area contributed by atoms with Crippen LogP contribution in [0, 0.1) is 0 Å². The van der Waals surface area contributed by atoms with E-state index in [9.17, 15) is 8.78 Å². The van der Waals surface area contributed by atoms with Gasteiger partial charge in [-0.3, -0.25) is 0 Å². The van der Waals surface area contributed by atoms with Crippen LogP contribution in [0.2, 0.25) is 0 Å². The molecule has 0 fully saturated rings. The predicted molar refractivity (Wildman–Crippen MR) is 89.9 cm³/mol. The largest absolute Gasteiger partial charge is 0.203 e. The summed E-state index contributed by atoms with van der Waals surface area (Å²) in [5.41, 5.74) is 2.86. The van der Waals surface area contributed by atoms with Crippen LogP contribution >= 0.6 is 0 Å². The molecule has 2 aromatic rings. The molecule has 0 atom stereocenters. The summed E-state index contributed by atoms with van der Waals surface area (Å²) in [6, 6.07) is 14.0. The van der Waals surface area contributed by atoms with Crippen LogP contribution < -0.4 is 0 Å². The highest BCUT2D eigenvalue weighted by Crippen LogP contribution is 2.29. The molecule has 2 heteroatoms. The van der Waals surface area contributed by atoms with E-state index in [0.29, 0.717) is 0 Å². The average Bonchev–Trinajstić information content (AvgIpc) is 2.55. The van der Waals surface area contributed by atoms with Crippen molar-refractivity contribution in [3.63, 3.8) is 0 Å². The molecule has 0 saturated carbocycles. The second-order valence-corrected chi connectivity index (χ2v) is 5.52. The van der Waals surface area contributed by atoms with Gasteiger partial charge in [-0.05, 0) is 24.0 Å². The van der Waals surface area contributed by atoms with Gasteiger partial charge in [-0.25, -0.2) is 8.78 Å². The molecule has 116 valence electrons. The van der Waals surface area contributed by atoms with Gasteiger partial charge in [-0.2, -0.15) is 0 Å². The van der Waals surface area contributed by atoms with Gasteiger partial charge in [0, 0.05) is 11.1 Å². The molecule has 0 aliphatic heterocycles. The zero-order valence-corrected chi connectivity index (χ0v) is 13.2. The van der Waals surface area contributed by atoms with Crippen LogP contribution in [0.3, 0.4) is 0 Å². The van der Waals surface area contributed by atoms with E-state index in [1.54, 1.807) is 24.3 Å². The van der Waals surface area contributed by atoms with Crippen LogP contribution in [-0.4, -0.2) is 0 Å². The molecule has 0 bridgehead atoms. The standard InChI is InChI=1S/C20H22F2/c1-3-5-15-7-11-17(12-8-15)19(21)20(22)18-13-9-16(6-4-2)10-14-18/h7-14H,3-6H2,1-2H3/b20-19+. The molecule has 0 saturated heterocycles. The van der Waals surface area contributed by atoms with Crippen LogP contribution in [0.1, 0.15) is 48.9 Å². The van der Waals surface area contributed by atoms with Crippen LogP contribution in [0.5, 0.6) is 0 Å². The number of hydrogen-bond donors (Lipinski definition) is 0. The highest BCUT2D eigenvalue weighted by Gasteiger charge is 2.11. The first-order valence-electron chi connectivity index (χ1n) is 7.89. The van der Waals surface area contributed by atoms with Crippen molar-refractivity contribution in [3.8, 4) is 0 Å². The van der Waals surface area contributed by atoms with Gasteiger partial charge >= 0.3 is 0 Å². The molecule has 0 nitrogen and oxygen atoms in total. The average molecular weight is 300 g/mol. The molecule has 22 heavy (non-hydrogen) atoms. The van der Waals surface area contributed by atoms with Crippen molar-refractivity contribution in [1.29, 1.82) is 0 Å². The normalized spacial score (nSPS) is 12.2. The van der Waals surface area contributed by atoms with Gasteiger partial charge in [0.1, 0.15) is 0 Å². The first kappa shape index (κ1) is 16.4. The molecular weight excluding hydrogens is 278 g/mol. The molecule has 0 heterocycles. The smallest absolute Gasteiger partial charge is 0.166 e. The molecule has 0 spiro atoms. The van der Waals surface area contributed by atoms with E-state index in [1.807, 2.05) is 24.3 Å². The summed E-state index contributed by atoms with van der Waals surface area (Å²) in [6.45, 7) is 4.19. The Morgan fingerprint density at radius 2 is 0.955 bits per heavy atom. The summed E-state index contributed by atoms with van der Waals surface area (Å²) < 4.78 is 28.6. The Balaban J connectivity index is 2.23. The quantitative estimate of drug-likeness (QED) is 0.545. The Bertz CT molecular complexity index is 564. The summed E-state index contributed by atoms with van der Waals surface area (Å²) in [4.78, 5) is 0. The van der Waals surface area contributed by atoms with Gasteiger partial charge in [-0.15, -0.1) is 0 Å². The van der Waals surface area contributed by atoms with Gasteiger partial charge in [0.05, 0.1) is 0 Å². The molecule has 0 radical (unpaired) electrons. The molecule has 2 rings (SSSR count). The molecule has 0 aliphatic carbocycles. The minimum Gasteiger partial charge on any atom is -0.203 e. The van der Waals surface area contributed by atoms with Gasteiger partial charge in [0.2, 0.25) is 0 Å². The monoisotopic (exact) mass is 300 g/mol. The fraction of sp³-hybridized carbons (Fsp3) is 0.300. The summed E-state index contributed by atoms with van der Waals surface area (Å²) >= 11 is 0. The minimum absolute atomic E-state index is 0.287. The lowest BCUT2D eigenvalue weighted by atomic mass is 10.0. The maximum Gasteiger partial charge on any atom is 0.166 e. The SMILES string of the molecule is CCCc1ccc(/C(F)=C(\F)c2ccc(CCC)cc2)cc1. The highest BCUT2D eigenvalue weighted by molar-refractivity contribution is 5.83. The van der Waals surface area contributed by atoms with E-state index >= 15 is 0 Å². The lowest BCUT2D eigenvalue weighted by Crippen LogP contribution is -1.88. The van der Waals surface area contributed by atoms with E-state index in [2.05, 4.69) is 13.8 Å². The van der Waals surface area contributed by atoms with Crippen molar-refractivity contribution >= 4 is 11.7 Å². The van der Waals surface area contributed by atoms with Gasteiger partial charge in [-0.1, -0.05) is 75.2 Å². The van der Waals surface area contributed by atoms with Crippen molar-refractivity contribution in [2.24, 2.45) is 0 Å². The van der Waals surface area contributed by atoms with Crippen molar-refractivity contribution in [2.45, 2.75) is 39.5 Å². The minimum atomic E-state index is -0.800. The van der Waals surface area contributed by atoms with Crippen LogP contribution in [-0.2, 0) is 12.8 Å². The van der Waals surface area contributed by atoms with Crippen molar-refractivity contribution in [2.75, 3.05) is 0 Å². The van der Waals surface area contributed by atoms with Crippen LogP contribution in [0.15, 0.2) is 48.5 Å².